The van der Waals surface area contributed by atoms with E-state index in [-0.39, 0.29) is 23.4 Å². The van der Waals surface area contributed by atoms with E-state index >= 15 is 0 Å². The number of benzene rings is 2. The van der Waals surface area contributed by atoms with Crippen LogP contribution in [0.4, 0.5) is 0 Å². The van der Waals surface area contributed by atoms with Gasteiger partial charge in [-0.2, -0.15) is 0 Å². The van der Waals surface area contributed by atoms with Crippen molar-refractivity contribution in [2.24, 2.45) is 0 Å². The van der Waals surface area contributed by atoms with Crippen molar-refractivity contribution in [1.82, 2.24) is 10.2 Å². The molecule has 3 N–H and O–H groups in total. The predicted molar refractivity (Wildman–Crippen MR) is 115 cm³/mol. The lowest BCUT2D eigenvalue weighted by Gasteiger charge is -2.32. The summed E-state index contributed by atoms with van der Waals surface area (Å²) in [6.07, 6.45) is 5.06. The number of hydrogen-bond donors (Lipinski definition) is 3. The van der Waals surface area contributed by atoms with E-state index in [1.165, 1.54) is 17.7 Å². The monoisotopic (exact) mass is 416 g/mol. The molecule has 0 saturated carbocycles. The predicted octanol–water partition coefficient (Wildman–Crippen LogP) is 3.90. The van der Waals surface area contributed by atoms with Gasteiger partial charge in [0.2, 0.25) is 5.91 Å². The second-order valence-corrected chi connectivity index (χ2v) is 8.17. The number of phenols is 2. The average molecular weight is 417 g/mol. The molecule has 6 heteroatoms. The van der Waals surface area contributed by atoms with Crippen molar-refractivity contribution in [2.75, 3.05) is 19.6 Å². The second-order valence-electron chi connectivity index (χ2n) is 7.74. The Morgan fingerprint density at radius 1 is 1.00 bits per heavy atom. The molecule has 1 fully saturated rings. The number of aromatic hydroxyl groups is 2. The van der Waals surface area contributed by atoms with Crippen molar-refractivity contribution in [2.45, 2.75) is 44.6 Å². The van der Waals surface area contributed by atoms with Crippen LogP contribution in [-0.4, -0.2) is 46.7 Å². The van der Waals surface area contributed by atoms with Crippen LogP contribution in [0.25, 0.3) is 0 Å². The first-order valence-electron chi connectivity index (χ1n) is 10.3. The molecule has 0 radical (unpaired) electrons. The summed E-state index contributed by atoms with van der Waals surface area (Å²) in [5.74, 6) is -0.247. The van der Waals surface area contributed by atoms with Crippen molar-refractivity contribution >= 4 is 17.5 Å². The van der Waals surface area contributed by atoms with E-state index in [2.05, 4.69) is 22.3 Å². The number of aryl methyl sites for hydroxylation is 2. The molecule has 1 amide bonds. The van der Waals surface area contributed by atoms with Crippen LogP contribution in [0, 0.1) is 0 Å². The lowest BCUT2D eigenvalue weighted by Crippen LogP contribution is -2.44. The third-order valence-electron chi connectivity index (χ3n) is 5.49. The highest BCUT2D eigenvalue weighted by Gasteiger charge is 2.20. The number of phenolic OH excluding ortho intramolecular Hbond substituents is 2. The van der Waals surface area contributed by atoms with Gasteiger partial charge >= 0.3 is 0 Å². The van der Waals surface area contributed by atoms with Gasteiger partial charge in [0.05, 0.1) is 0 Å². The summed E-state index contributed by atoms with van der Waals surface area (Å²) in [4.78, 5) is 14.7. The van der Waals surface area contributed by atoms with Crippen LogP contribution in [-0.2, 0) is 17.6 Å². The Balaban J connectivity index is 1.31. The van der Waals surface area contributed by atoms with Crippen LogP contribution in [0.15, 0.2) is 42.5 Å². The number of likely N-dealkylation sites (tertiary alicyclic amines) is 1. The van der Waals surface area contributed by atoms with Crippen LogP contribution < -0.4 is 5.32 Å². The first-order valence-corrected chi connectivity index (χ1v) is 10.6. The van der Waals surface area contributed by atoms with Crippen molar-refractivity contribution in [3.05, 3.63) is 58.6 Å². The van der Waals surface area contributed by atoms with Crippen LogP contribution >= 0.6 is 11.6 Å². The highest BCUT2D eigenvalue weighted by molar-refractivity contribution is 6.30. The van der Waals surface area contributed by atoms with Gasteiger partial charge in [-0.3, -0.25) is 4.79 Å². The van der Waals surface area contributed by atoms with Crippen LogP contribution in [0.3, 0.4) is 0 Å². The maximum absolute atomic E-state index is 12.2. The molecule has 2 aromatic carbocycles. The molecule has 5 nitrogen and oxygen atoms in total. The second kappa shape index (κ2) is 10.5. The van der Waals surface area contributed by atoms with Gasteiger partial charge in [-0.25, -0.2) is 0 Å². The normalized spacial score (nSPS) is 15.3. The summed E-state index contributed by atoms with van der Waals surface area (Å²) >= 11 is 5.92. The van der Waals surface area contributed by atoms with Crippen molar-refractivity contribution in [3.8, 4) is 11.5 Å². The maximum atomic E-state index is 12.2. The van der Waals surface area contributed by atoms with E-state index in [1.54, 1.807) is 6.07 Å². The van der Waals surface area contributed by atoms with Gasteiger partial charge in [-0.15, -0.1) is 0 Å². The molecule has 0 unspecified atom stereocenters. The van der Waals surface area contributed by atoms with Gasteiger partial charge in [-0.05, 0) is 74.0 Å². The minimum absolute atomic E-state index is 0.0405. The van der Waals surface area contributed by atoms with Gasteiger partial charge in [-0.1, -0.05) is 29.8 Å². The molecule has 1 aliphatic rings. The van der Waals surface area contributed by atoms with E-state index < -0.39 is 0 Å². The Bertz CT molecular complexity index is 802. The van der Waals surface area contributed by atoms with Gasteiger partial charge < -0.3 is 20.4 Å². The molecule has 1 aliphatic heterocycles. The van der Waals surface area contributed by atoms with Gasteiger partial charge in [0.25, 0.3) is 0 Å². The summed E-state index contributed by atoms with van der Waals surface area (Å²) < 4.78 is 0. The highest BCUT2D eigenvalue weighted by atomic mass is 35.5. The summed E-state index contributed by atoms with van der Waals surface area (Å²) in [7, 11) is 0. The lowest BCUT2D eigenvalue weighted by atomic mass is 10.0. The molecular formula is C23H29ClN2O3. The van der Waals surface area contributed by atoms with Crippen molar-refractivity contribution < 1.29 is 15.0 Å². The van der Waals surface area contributed by atoms with Crippen LogP contribution in [0.2, 0.25) is 5.02 Å². The number of hydrogen-bond acceptors (Lipinski definition) is 4. The summed E-state index contributed by atoms with van der Waals surface area (Å²) in [6, 6.07) is 13.0. The SMILES string of the molecule is O=C(CCc1ccc(O)c(O)c1)NC1CCN(CCCc2ccc(Cl)cc2)CC1. The zero-order valence-electron chi connectivity index (χ0n) is 16.6. The Kier molecular flexibility index (Phi) is 7.78. The summed E-state index contributed by atoms with van der Waals surface area (Å²) in [6.45, 7) is 3.10. The number of amides is 1. The molecule has 0 bridgehead atoms. The van der Waals surface area contributed by atoms with Crippen LogP contribution in [0.1, 0.15) is 36.8 Å². The number of carbonyl (C=O) groups excluding carboxylic acids is 1. The molecule has 1 saturated heterocycles. The fourth-order valence-corrected chi connectivity index (χ4v) is 3.87. The Morgan fingerprint density at radius 2 is 1.69 bits per heavy atom. The Labute approximate surface area is 177 Å². The zero-order valence-corrected chi connectivity index (χ0v) is 17.4. The molecule has 0 spiro atoms. The van der Waals surface area contributed by atoms with Crippen LogP contribution in [0.5, 0.6) is 11.5 Å². The summed E-state index contributed by atoms with van der Waals surface area (Å²) in [5.41, 5.74) is 2.16. The Morgan fingerprint density at radius 3 is 2.38 bits per heavy atom. The molecule has 0 atom stereocenters. The molecule has 2 aromatic rings. The number of halogens is 1. The fraction of sp³-hybridized carbons (Fsp3) is 0.435. The molecule has 0 aliphatic carbocycles. The molecule has 29 heavy (non-hydrogen) atoms. The number of carbonyl (C=O) groups is 1. The van der Waals surface area contributed by atoms with Gasteiger partial charge in [0.15, 0.2) is 11.5 Å². The smallest absolute Gasteiger partial charge is 0.220 e. The largest absolute Gasteiger partial charge is 0.504 e. The number of rotatable bonds is 8. The van der Waals surface area contributed by atoms with E-state index in [4.69, 9.17) is 11.6 Å². The third-order valence-corrected chi connectivity index (χ3v) is 5.74. The van der Waals surface area contributed by atoms with Crippen molar-refractivity contribution in [3.63, 3.8) is 0 Å². The first kappa shape index (κ1) is 21.5. The quantitative estimate of drug-likeness (QED) is 0.571. The first-order chi connectivity index (χ1) is 14.0. The van der Waals surface area contributed by atoms with E-state index in [9.17, 15) is 15.0 Å². The molecule has 156 valence electrons. The minimum Gasteiger partial charge on any atom is -0.504 e. The summed E-state index contributed by atoms with van der Waals surface area (Å²) in [5, 5.41) is 22.8. The van der Waals surface area contributed by atoms with Gasteiger partial charge in [0, 0.05) is 30.6 Å². The maximum Gasteiger partial charge on any atom is 0.220 e. The lowest BCUT2D eigenvalue weighted by molar-refractivity contribution is -0.122. The number of piperidine rings is 1. The minimum atomic E-state index is -0.147. The molecular weight excluding hydrogens is 388 g/mol. The zero-order chi connectivity index (χ0) is 20.6. The molecule has 1 heterocycles. The molecule has 3 rings (SSSR count). The van der Waals surface area contributed by atoms with Gasteiger partial charge in [0.1, 0.15) is 0 Å². The number of nitrogens with one attached hydrogen (secondary N) is 1. The van der Waals surface area contributed by atoms with Crippen molar-refractivity contribution in [1.29, 1.82) is 0 Å². The van der Waals surface area contributed by atoms with E-state index in [1.807, 2.05) is 12.1 Å². The highest BCUT2D eigenvalue weighted by Crippen LogP contribution is 2.25. The number of nitrogens with zero attached hydrogens (tertiary/aromatic N) is 1. The Hall–Kier alpha value is -2.24. The fourth-order valence-electron chi connectivity index (χ4n) is 3.74. The standard InChI is InChI=1S/C23H29ClN2O3/c24-19-7-3-17(4-8-19)2-1-13-26-14-11-20(12-15-26)25-23(29)10-6-18-5-9-21(27)22(28)16-18/h3-5,7-9,16,20,27-28H,1-2,6,10-15H2,(H,25,29). The topological polar surface area (TPSA) is 72.8 Å². The van der Waals surface area contributed by atoms with E-state index in [0.29, 0.717) is 12.8 Å². The molecule has 0 aromatic heterocycles. The third kappa shape index (κ3) is 6.94. The average Bonchev–Trinajstić information content (AvgIpc) is 2.72. The van der Waals surface area contributed by atoms with E-state index in [0.717, 1.165) is 55.9 Å².